The average molecular weight is 331 g/mol. The molecule has 0 spiro atoms. The number of carbonyl (C=O) groups excluding carboxylic acids is 2. The van der Waals surface area contributed by atoms with Gasteiger partial charge in [0, 0.05) is 42.8 Å². The molecule has 0 aliphatic carbocycles. The lowest BCUT2D eigenvalue weighted by Gasteiger charge is -2.31. The minimum Gasteiger partial charge on any atom is -0.378 e. The fourth-order valence-corrected chi connectivity index (χ4v) is 3.31. The first kappa shape index (κ1) is 16.8. The topological polar surface area (TPSA) is 70.7 Å². The van der Waals surface area contributed by atoms with Crippen LogP contribution in [0.1, 0.15) is 35.7 Å². The maximum absolute atomic E-state index is 12.6. The Morgan fingerprint density at radius 1 is 1.33 bits per heavy atom. The van der Waals surface area contributed by atoms with Crippen LogP contribution in [0.5, 0.6) is 0 Å². The number of amides is 2. The molecule has 0 saturated carbocycles. The van der Waals surface area contributed by atoms with Gasteiger partial charge in [-0.2, -0.15) is 0 Å². The molecule has 2 unspecified atom stereocenters. The van der Waals surface area contributed by atoms with E-state index in [1.165, 1.54) is 0 Å². The summed E-state index contributed by atoms with van der Waals surface area (Å²) in [5.74, 6) is -0.0320. The van der Waals surface area contributed by atoms with Gasteiger partial charge in [-0.25, -0.2) is 0 Å². The van der Waals surface area contributed by atoms with E-state index >= 15 is 0 Å². The van der Waals surface area contributed by atoms with Crippen molar-refractivity contribution in [2.75, 3.05) is 31.2 Å². The highest BCUT2D eigenvalue weighted by Gasteiger charge is 2.27. The van der Waals surface area contributed by atoms with Crippen LogP contribution in [0.2, 0.25) is 0 Å². The van der Waals surface area contributed by atoms with Crippen LogP contribution in [0.3, 0.4) is 0 Å². The van der Waals surface area contributed by atoms with Crippen LogP contribution in [0, 0.1) is 6.92 Å². The molecule has 2 amide bonds. The van der Waals surface area contributed by atoms with Gasteiger partial charge in [-0.05, 0) is 38.0 Å². The number of ether oxygens (including phenoxy) is 1. The van der Waals surface area contributed by atoms with Crippen LogP contribution in [0.15, 0.2) is 18.2 Å². The summed E-state index contributed by atoms with van der Waals surface area (Å²) < 4.78 is 5.40. The molecule has 130 valence electrons. The van der Waals surface area contributed by atoms with Gasteiger partial charge in [0.25, 0.3) is 5.91 Å². The summed E-state index contributed by atoms with van der Waals surface area (Å²) in [5, 5.41) is 5.94. The highest BCUT2D eigenvalue weighted by Crippen LogP contribution is 2.23. The van der Waals surface area contributed by atoms with Crippen molar-refractivity contribution in [3.05, 3.63) is 29.3 Å². The Balaban J connectivity index is 1.71. The molecule has 2 atom stereocenters. The van der Waals surface area contributed by atoms with Crippen molar-refractivity contribution in [1.29, 1.82) is 0 Å². The SMILES string of the molecule is Cc1ccc(C(=O)NC2CCC(=O)NC2C)cc1N1CCOCC1. The van der Waals surface area contributed by atoms with Gasteiger partial charge in [0.1, 0.15) is 0 Å². The predicted octanol–water partition coefficient (Wildman–Crippen LogP) is 1.23. The normalized spacial score (nSPS) is 24.4. The molecule has 1 aromatic rings. The van der Waals surface area contributed by atoms with Crippen molar-refractivity contribution in [2.24, 2.45) is 0 Å². The summed E-state index contributed by atoms with van der Waals surface area (Å²) in [6.07, 6.45) is 1.14. The van der Waals surface area contributed by atoms with Gasteiger partial charge < -0.3 is 20.3 Å². The molecule has 2 heterocycles. The average Bonchev–Trinajstić information content (AvgIpc) is 2.58. The van der Waals surface area contributed by atoms with E-state index in [0.29, 0.717) is 18.4 Å². The molecular formula is C18H25N3O3. The zero-order valence-electron chi connectivity index (χ0n) is 14.3. The Morgan fingerprint density at radius 2 is 2.08 bits per heavy atom. The number of anilines is 1. The van der Waals surface area contributed by atoms with E-state index in [1.807, 2.05) is 25.1 Å². The van der Waals surface area contributed by atoms with E-state index in [-0.39, 0.29) is 23.9 Å². The van der Waals surface area contributed by atoms with Crippen LogP contribution in [-0.2, 0) is 9.53 Å². The van der Waals surface area contributed by atoms with Crippen molar-refractivity contribution >= 4 is 17.5 Å². The largest absolute Gasteiger partial charge is 0.378 e. The van der Waals surface area contributed by atoms with Crippen LogP contribution in [0.25, 0.3) is 0 Å². The second-order valence-corrected chi connectivity index (χ2v) is 6.58. The maximum Gasteiger partial charge on any atom is 0.251 e. The third kappa shape index (κ3) is 3.70. The fourth-order valence-electron chi connectivity index (χ4n) is 3.31. The summed E-state index contributed by atoms with van der Waals surface area (Å²) in [5.41, 5.74) is 2.91. The zero-order chi connectivity index (χ0) is 17.1. The lowest BCUT2D eigenvalue weighted by molar-refractivity contribution is -0.123. The lowest BCUT2D eigenvalue weighted by atomic mass is 9.98. The molecule has 24 heavy (non-hydrogen) atoms. The number of carbonyl (C=O) groups is 2. The van der Waals surface area contributed by atoms with E-state index in [1.54, 1.807) is 0 Å². The van der Waals surface area contributed by atoms with Crippen LogP contribution < -0.4 is 15.5 Å². The van der Waals surface area contributed by atoms with E-state index in [2.05, 4.69) is 22.5 Å². The molecular weight excluding hydrogens is 306 g/mol. The first-order valence-electron chi connectivity index (χ1n) is 8.58. The summed E-state index contributed by atoms with van der Waals surface area (Å²) >= 11 is 0. The predicted molar refractivity (Wildman–Crippen MR) is 92.3 cm³/mol. The minimum atomic E-state index is -0.0856. The molecule has 0 radical (unpaired) electrons. The number of hydrogen-bond acceptors (Lipinski definition) is 4. The van der Waals surface area contributed by atoms with Gasteiger partial charge in [-0.15, -0.1) is 0 Å². The molecule has 2 N–H and O–H groups in total. The molecule has 2 saturated heterocycles. The second-order valence-electron chi connectivity index (χ2n) is 6.58. The summed E-state index contributed by atoms with van der Waals surface area (Å²) in [6.45, 7) is 7.11. The first-order valence-corrected chi connectivity index (χ1v) is 8.58. The van der Waals surface area contributed by atoms with Crippen LogP contribution in [-0.4, -0.2) is 50.2 Å². The Morgan fingerprint density at radius 3 is 2.79 bits per heavy atom. The molecule has 6 heteroatoms. The number of morpholine rings is 1. The third-order valence-electron chi connectivity index (χ3n) is 4.81. The molecule has 0 bridgehead atoms. The highest BCUT2D eigenvalue weighted by molar-refractivity contribution is 5.95. The van der Waals surface area contributed by atoms with Crippen molar-refractivity contribution in [3.63, 3.8) is 0 Å². The summed E-state index contributed by atoms with van der Waals surface area (Å²) in [4.78, 5) is 26.3. The van der Waals surface area contributed by atoms with Gasteiger partial charge in [0.15, 0.2) is 0 Å². The Kier molecular flexibility index (Phi) is 5.04. The molecule has 2 aliphatic heterocycles. The number of benzene rings is 1. The number of nitrogens with one attached hydrogen (secondary N) is 2. The minimum absolute atomic E-state index is 0.0247. The molecule has 2 fully saturated rings. The van der Waals surface area contributed by atoms with Gasteiger partial charge in [0.05, 0.1) is 13.2 Å². The summed E-state index contributed by atoms with van der Waals surface area (Å²) in [7, 11) is 0. The van der Waals surface area contributed by atoms with E-state index < -0.39 is 0 Å². The Hall–Kier alpha value is -2.08. The van der Waals surface area contributed by atoms with E-state index in [0.717, 1.165) is 37.6 Å². The quantitative estimate of drug-likeness (QED) is 0.874. The molecule has 2 aliphatic rings. The van der Waals surface area contributed by atoms with Gasteiger partial charge >= 0.3 is 0 Å². The van der Waals surface area contributed by atoms with Crippen molar-refractivity contribution in [3.8, 4) is 0 Å². The second kappa shape index (κ2) is 7.21. The van der Waals surface area contributed by atoms with Crippen LogP contribution >= 0.6 is 0 Å². The van der Waals surface area contributed by atoms with Crippen molar-refractivity contribution in [1.82, 2.24) is 10.6 Å². The number of piperidine rings is 1. The van der Waals surface area contributed by atoms with Crippen LogP contribution in [0.4, 0.5) is 5.69 Å². The van der Waals surface area contributed by atoms with E-state index in [9.17, 15) is 9.59 Å². The zero-order valence-corrected chi connectivity index (χ0v) is 14.3. The maximum atomic E-state index is 12.6. The van der Waals surface area contributed by atoms with Gasteiger partial charge in [-0.3, -0.25) is 9.59 Å². The van der Waals surface area contributed by atoms with Gasteiger partial charge in [-0.1, -0.05) is 6.07 Å². The number of aryl methyl sites for hydroxylation is 1. The molecule has 0 aromatic heterocycles. The number of nitrogens with zero attached hydrogens (tertiary/aromatic N) is 1. The molecule has 6 nitrogen and oxygen atoms in total. The molecule has 1 aromatic carbocycles. The Labute approximate surface area is 142 Å². The van der Waals surface area contributed by atoms with Crippen molar-refractivity contribution < 1.29 is 14.3 Å². The lowest BCUT2D eigenvalue weighted by Crippen LogP contribution is -2.53. The first-order chi connectivity index (χ1) is 11.5. The summed E-state index contributed by atoms with van der Waals surface area (Å²) in [6, 6.07) is 5.75. The Bertz CT molecular complexity index is 626. The van der Waals surface area contributed by atoms with Gasteiger partial charge in [0.2, 0.25) is 5.91 Å². The standard InChI is InChI=1S/C18H25N3O3/c1-12-3-4-14(11-16(12)21-7-9-24-10-8-21)18(23)20-15-5-6-17(22)19-13(15)2/h3-4,11,13,15H,5-10H2,1-2H3,(H,19,22)(H,20,23). The number of rotatable bonds is 3. The smallest absolute Gasteiger partial charge is 0.251 e. The van der Waals surface area contributed by atoms with Crippen molar-refractivity contribution in [2.45, 2.75) is 38.8 Å². The third-order valence-corrected chi connectivity index (χ3v) is 4.81. The fraction of sp³-hybridized carbons (Fsp3) is 0.556. The van der Waals surface area contributed by atoms with E-state index in [4.69, 9.17) is 4.74 Å². The highest BCUT2D eigenvalue weighted by atomic mass is 16.5. The monoisotopic (exact) mass is 331 g/mol. The molecule has 3 rings (SSSR count). The number of hydrogen-bond donors (Lipinski definition) is 2.